The van der Waals surface area contributed by atoms with E-state index in [0.29, 0.717) is 0 Å². The first kappa shape index (κ1) is 8.88. The van der Waals surface area contributed by atoms with Crippen LogP contribution in [-0.4, -0.2) is 11.8 Å². The third-order valence-electron chi connectivity index (χ3n) is 0.689. The molecule has 0 bridgehead atoms. The highest BCUT2D eigenvalue weighted by Crippen LogP contribution is 1.90. The average molecular weight is 142 g/mol. The molecule has 0 saturated heterocycles. The van der Waals surface area contributed by atoms with Crippen LogP contribution in [0.3, 0.4) is 0 Å². The Morgan fingerprint density at radius 1 is 1.20 bits per heavy atom. The first-order valence-electron chi connectivity index (χ1n) is 2.89. The van der Waals surface area contributed by atoms with Crippen molar-refractivity contribution in [2.24, 2.45) is 0 Å². The summed E-state index contributed by atoms with van der Waals surface area (Å²) in [5.74, 6) is -1.40. The number of hydrogen-bond acceptors (Lipinski definition) is 3. The summed E-state index contributed by atoms with van der Waals surface area (Å²) in [5.41, 5.74) is 0.842. The number of rotatable bonds is 2. The molecule has 0 spiro atoms. The van der Waals surface area contributed by atoms with Crippen molar-refractivity contribution in [1.82, 2.24) is 0 Å². The molecule has 0 fully saturated rings. The van der Waals surface area contributed by atoms with Crippen molar-refractivity contribution in [3.63, 3.8) is 0 Å². The summed E-state index contributed by atoms with van der Waals surface area (Å²) < 4.78 is 4.41. The van der Waals surface area contributed by atoms with Crippen molar-refractivity contribution >= 4 is 11.8 Å². The predicted octanol–water partition coefficient (Wildman–Crippen LogP) is 1.04. The number of ketones is 1. The van der Waals surface area contributed by atoms with Crippen LogP contribution in [0.5, 0.6) is 0 Å². The van der Waals surface area contributed by atoms with Gasteiger partial charge in [0.15, 0.2) is 0 Å². The molecule has 0 atom stereocenters. The standard InChI is InChI=1S/C7H10O3/c1-5(2)4-10-7(9)6(3)8/h4H,1-3H3. The summed E-state index contributed by atoms with van der Waals surface area (Å²) in [4.78, 5) is 20.7. The zero-order valence-corrected chi connectivity index (χ0v) is 6.30. The Balaban J connectivity index is 3.83. The van der Waals surface area contributed by atoms with Gasteiger partial charge in [0.25, 0.3) is 0 Å². The SMILES string of the molecule is CC(=O)C(=O)OC=C(C)C. The van der Waals surface area contributed by atoms with Crippen molar-refractivity contribution in [2.45, 2.75) is 20.8 Å². The van der Waals surface area contributed by atoms with E-state index >= 15 is 0 Å². The van der Waals surface area contributed by atoms with Gasteiger partial charge in [-0.25, -0.2) is 4.79 Å². The van der Waals surface area contributed by atoms with E-state index < -0.39 is 11.8 Å². The Morgan fingerprint density at radius 2 is 1.70 bits per heavy atom. The minimum Gasteiger partial charge on any atom is -0.429 e. The molecule has 0 aromatic carbocycles. The van der Waals surface area contributed by atoms with Gasteiger partial charge in [0, 0.05) is 6.92 Å². The second-order valence-electron chi connectivity index (χ2n) is 2.16. The third kappa shape index (κ3) is 3.83. The fourth-order valence-electron chi connectivity index (χ4n) is 0.254. The molecule has 3 nitrogen and oxygen atoms in total. The highest BCUT2D eigenvalue weighted by atomic mass is 16.5. The highest BCUT2D eigenvalue weighted by molar-refractivity contribution is 6.32. The molecule has 0 aliphatic heterocycles. The number of allylic oxidation sites excluding steroid dienone is 1. The van der Waals surface area contributed by atoms with Crippen LogP contribution in [-0.2, 0) is 14.3 Å². The molecular formula is C7H10O3. The Labute approximate surface area is 59.7 Å². The van der Waals surface area contributed by atoms with E-state index in [1.54, 1.807) is 13.8 Å². The zero-order valence-electron chi connectivity index (χ0n) is 6.30. The maximum atomic E-state index is 10.4. The summed E-state index contributed by atoms with van der Waals surface area (Å²) in [7, 11) is 0. The number of Topliss-reactive ketones (excluding diaryl/α,β-unsaturated/α-hetero) is 1. The van der Waals surface area contributed by atoms with E-state index in [2.05, 4.69) is 4.74 Å². The van der Waals surface area contributed by atoms with E-state index in [4.69, 9.17) is 0 Å². The second-order valence-corrected chi connectivity index (χ2v) is 2.16. The largest absolute Gasteiger partial charge is 0.429 e. The molecule has 0 unspecified atom stereocenters. The van der Waals surface area contributed by atoms with Crippen LogP contribution in [0.4, 0.5) is 0 Å². The fraction of sp³-hybridized carbons (Fsp3) is 0.429. The first-order valence-corrected chi connectivity index (χ1v) is 2.89. The molecule has 0 amide bonds. The number of carbonyl (C=O) groups excluding carboxylic acids is 2. The highest BCUT2D eigenvalue weighted by Gasteiger charge is 2.05. The lowest BCUT2D eigenvalue weighted by Crippen LogP contribution is -2.10. The molecule has 10 heavy (non-hydrogen) atoms. The summed E-state index contributed by atoms with van der Waals surface area (Å²) >= 11 is 0. The van der Waals surface area contributed by atoms with Gasteiger partial charge in [0.1, 0.15) is 0 Å². The quantitative estimate of drug-likeness (QED) is 0.328. The average Bonchev–Trinajstić information content (AvgIpc) is 1.82. The van der Waals surface area contributed by atoms with Crippen LogP contribution in [0.25, 0.3) is 0 Å². The summed E-state index contributed by atoms with van der Waals surface area (Å²) in [5, 5.41) is 0. The van der Waals surface area contributed by atoms with Crippen LogP contribution < -0.4 is 0 Å². The lowest BCUT2D eigenvalue weighted by molar-refractivity contribution is -0.148. The summed E-state index contributed by atoms with van der Waals surface area (Å²) in [6.45, 7) is 4.71. The van der Waals surface area contributed by atoms with Crippen molar-refractivity contribution in [3.8, 4) is 0 Å². The molecular weight excluding hydrogens is 132 g/mol. The van der Waals surface area contributed by atoms with Gasteiger partial charge in [0.05, 0.1) is 6.26 Å². The Bertz CT molecular complexity index is 175. The molecule has 0 aliphatic rings. The lowest BCUT2D eigenvalue weighted by atomic mass is 10.4. The van der Waals surface area contributed by atoms with Crippen LogP contribution >= 0.6 is 0 Å². The minimum absolute atomic E-state index is 0.586. The third-order valence-corrected chi connectivity index (χ3v) is 0.689. The molecule has 0 radical (unpaired) electrons. The lowest BCUT2D eigenvalue weighted by Gasteiger charge is -1.93. The fourth-order valence-corrected chi connectivity index (χ4v) is 0.254. The topological polar surface area (TPSA) is 43.4 Å². The van der Waals surface area contributed by atoms with Gasteiger partial charge >= 0.3 is 5.97 Å². The van der Waals surface area contributed by atoms with Crippen molar-refractivity contribution in [1.29, 1.82) is 0 Å². The number of ether oxygens (including phenoxy) is 1. The molecule has 0 N–H and O–H groups in total. The van der Waals surface area contributed by atoms with Gasteiger partial charge in [-0.3, -0.25) is 4.79 Å². The number of hydrogen-bond donors (Lipinski definition) is 0. The first-order chi connectivity index (χ1) is 4.54. The van der Waals surface area contributed by atoms with Gasteiger partial charge in [-0.15, -0.1) is 0 Å². The monoisotopic (exact) mass is 142 g/mol. The normalized spacial score (nSPS) is 8.30. The molecule has 0 aliphatic carbocycles. The Morgan fingerprint density at radius 3 is 2.00 bits per heavy atom. The molecule has 56 valence electrons. The van der Waals surface area contributed by atoms with E-state index in [9.17, 15) is 9.59 Å². The van der Waals surface area contributed by atoms with Crippen molar-refractivity contribution in [2.75, 3.05) is 0 Å². The summed E-state index contributed by atoms with van der Waals surface area (Å²) in [6, 6.07) is 0. The summed E-state index contributed by atoms with van der Waals surface area (Å²) in [6.07, 6.45) is 1.25. The minimum atomic E-state index is -0.818. The smallest absolute Gasteiger partial charge is 0.379 e. The van der Waals surface area contributed by atoms with E-state index in [1.165, 1.54) is 13.2 Å². The van der Waals surface area contributed by atoms with Gasteiger partial charge in [-0.2, -0.15) is 0 Å². The Hall–Kier alpha value is -1.12. The second kappa shape index (κ2) is 3.82. The van der Waals surface area contributed by atoms with E-state index in [0.717, 1.165) is 5.57 Å². The van der Waals surface area contributed by atoms with E-state index in [1.807, 2.05) is 0 Å². The maximum Gasteiger partial charge on any atom is 0.379 e. The van der Waals surface area contributed by atoms with Gasteiger partial charge < -0.3 is 4.74 Å². The van der Waals surface area contributed by atoms with Gasteiger partial charge in [-0.1, -0.05) is 0 Å². The van der Waals surface area contributed by atoms with E-state index in [-0.39, 0.29) is 0 Å². The van der Waals surface area contributed by atoms with Crippen molar-refractivity contribution < 1.29 is 14.3 Å². The predicted molar refractivity (Wildman–Crippen MR) is 36.2 cm³/mol. The molecule has 0 aromatic heterocycles. The van der Waals surface area contributed by atoms with Crippen LogP contribution in [0.2, 0.25) is 0 Å². The van der Waals surface area contributed by atoms with Crippen LogP contribution in [0, 0.1) is 0 Å². The number of carbonyl (C=O) groups is 2. The van der Waals surface area contributed by atoms with Crippen LogP contribution in [0.15, 0.2) is 11.8 Å². The van der Waals surface area contributed by atoms with Gasteiger partial charge in [-0.05, 0) is 19.4 Å². The maximum absolute atomic E-state index is 10.4. The molecule has 0 saturated carbocycles. The van der Waals surface area contributed by atoms with Crippen LogP contribution in [0.1, 0.15) is 20.8 Å². The van der Waals surface area contributed by atoms with Gasteiger partial charge in [0.2, 0.25) is 5.78 Å². The zero-order chi connectivity index (χ0) is 8.15. The number of esters is 1. The molecule has 0 heterocycles. The molecule has 0 rings (SSSR count). The Kier molecular flexibility index (Phi) is 3.39. The van der Waals surface area contributed by atoms with Crippen molar-refractivity contribution in [3.05, 3.63) is 11.8 Å². The molecule has 3 heteroatoms. The molecule has 0 aromatic rings.